The van der Waals surface area contributed by atoms with Crippen LogP contribution in [0.5, 0.6) is 0 Å². The lowest BCUT2D eigenvalue weighted by Crippen LogP contribution is -2.56. The van der Waals surface area contributed by atoms with E-state index < -0.39 is 0 Å². The van der Waals surface area contributed by atoms with Gasteiger partial charge in [-0.3, -0.25) is 4.79 Å². The fraction of sp³-hybridized carbons (Fsp3) is 0.889. The summed E-state index contributed by atoms with van der Waals surface area (Å²) in [6.07, 6.45) is 0.971. The second-order valence-corrected chi connectivity index (χ2v) is 4.32. The largest absolute Gasteiger partial charge is 0.380 e. The van der Waals surface area contributed by atoms with Crippen molar-refractivity contribution in [3.8, 4) is 0 Å². The predicted molar refractivity (Wildman–Crippen MR) is 48.3 cm³/mol. The monoisotopic (exact) mass is 184 g/mol. The highest BCUT2D eigenvalue weighted by Crippen LogP contribution is 2.25. The van der Waals surface area contributed by atoms with Gasteiger partial charge in [-0.1, -0.05) is 6.92 Å². The van der Waals surface area contributed by atoms with Crippen LogP contribution in [0.4, 0.5) is 0 Å². The van der Waals surface area contributed by atoms with Crippen molar-refractivity contribution < 1.29 is 9.53 Å². The van der Waals surface area contributed by atoms with Gasteiger partial charge in [0.05, 0.1) is 19.3 Å². The van der Waals surface area contributed by atoms with E-state index in [2.05, 4.69) is 17.6 Å². The zero-order chi connectivity index (χ0) is 9.31. The van der Waals surface area contributed by atoms with Crippen molar-refractivity contribution in [1.82, 2.24) is 10.6 Å². The van der Waals surface area contributed by atoms with E-state index in [-0.39, 0.29) is 17.4 Å². The summed E-state index contributed by atoms with van der Waals surface area (Å²) in [4.78, 5) is 11.4. The van der Waals surface area contributed by atoms with Gasteiger partial charge in [0, 0.05) is 12.0 Å². The molecule has 2 rings (SSSR count). The smallest absolute Gasteiger partial charge is 0.237 e. The number of carbonyl (C=O) groups excluding carboxylic acids is 1. The van der Waals surface area contributed by atoms with Gasteiger partial charge in [-0.2, -0.15) is 0 Å². The Balaban J connectivity index is 1.69. The van der Waals surface area contributed by atoms with E-state index in [9.17, 15) is 4.79 Å². The minimum absolute atomic E-state index is 0.0598. The molecule has 0 spiro atoms. The third-order valence-electron chi connectivity index (χ3n) is 2.73. The molecule has 2 heterocycles. The molecule has 74 valence electrons. The first-order valence-corrected chi connectivity index (χ1v) is 4.78. The summed E-state index contributed by atoms with van der Waals surface area (Å²) in [5.41, 5.74) is 0.180. The molecule has 2 fully saturated rings. The van der Waals surface area contributed by atoms with Crippen molar-refractivity contribution in [1.29, 1.82) is 0 Å². The molecule has 0 radical (unpaired) electrons. The normalized spacial score (nSPS) is 30.1. The highest BCUT2D eigenvalue weighted by Gasteiger charge is 2.34. The highest BCUT2D eigenvalue weighted by molar-refractivity contribution is 5.82. The lowest BCUT2D eigenvalue weighted by molar-refractivity contribution is -0.130. The van der Waals surface area contributed by atoms with Crippen molar-refractivity contribution in [3.05, 3.63) is 0 Å². The molecule has 0 aromatic heterocycles. The van der Waals surface area contributed by atoms with Gasteiger partial charge in [0.1, 0.15) is 0 Å². The molecule has 2 aliphatic rings. The molecule has 1 unspecified atom stereocenters. The summed E-state index contributed by atoms with van der Waals surface area (Å²) >= 11 is 0. The first kappa shape index (κ1) is 8.97. The Morgan fingerprint density at radius 3 is 2.77 bits per heavy atom. The van der Waals surface area contributed by atoms with Crippen LogP contribution in [0.3, 0.4) is 0 Å². The van der Waals surface area contributed by atoms with Gasteiger partial charge in [-0.05, 0) is 13.0 Å². The van der Waals surface area contributed by atoms with E-state index in [1.807, 2.05) is 0 Å². The molecule has 1 atom stereocenters. The zero-order valence-corrected chi connectivity index (χ0v) is 7.93. The summed E-state index contributed by atoms with van der Waals surface area (Å²) in [7, 11) is 0. The summed E-state index contributed by atoms with van der Waals surface area (Å²) in [5, 5.41) is 6.02. The Labute approximate surface area is 78.0 Å². The van der Waals surface area contributed by atoms with E-state index in [1.54, 1.807) is 0 Å². The van der Waals surface area contributed by atoms with Crippen molar-refractivity contribution in [3.63, 3.8) is 0 Å². The van der Waals surface area contributed by atoms with Crippen LogP contribution in [0.2, 0.25) is 0 Å². The molecule has 4 heteroatoms. The van der Waals surface area contributed by atoms with Gasteiger partial charge in [0.2, 0.25) is 5.91 Å². The second kappa shape index (κ2) is 3.27. The maximum Gasteiger partial charge on any atom is 0.237 e. The van der Waals surface area contributed by atoms with Crippen molar-refractivity contribution in [2.24, 2.45) is 5.41 Å². The van der Waals surface area contributed by atoms with Gasteiger partial charge in [0.15, 0.2) is 0 Å². The third-order valence-corrected chi connectivity index (χ3v) is 2.73. The molecule has 0 aromatic rings. The molecule has 0 bridgehead atoms. The Morgan fingerprint density at radius 1 is 1.69 bits per heavy atom. The molecule has 0 aliphatic carbocycles. The van der Waals surface area contributed by atoms with E-state index in [0.717, 1.165) is 32.7 Å². The maximum absolute atomic E-state index is 11.4. The number of nitrogens with one attached hydrogen (secondary N) is 2. The highest BCUT2D eigenvalue weighted by atomic mass is 16.5. The van der Waals surface area contributed by atoms with Crippen molar-refractivity contribution >= 4 is 5.91 Å². The van der Waals surface area contributed by atoms with Crippen LogP contribution >= 0.6 is 0 Å². The van der Waals surface area contributed by atoms with Crippen LogP contribution in [0.15, 0.2) is 0 Å². The standard InChI is InChI=1S/C9H16N2O2/c1-9(5-13-6-9)4-11-8(12)7-2-3-10-7/h7,10H,2-6H2,1H3,(H,11,12). The summed E-state index contributed by atoms with van der Waals surface area (Å²) in [6, 6.07) is 0.0598. The average Bonchev–Trinajstić information content (AvgIpc) is 1.94. The van der Waals surface area contributed by atoms with E-state index >= 15 is 0 Å². The Hall–Kier alpha value is -0.610. The molecule has 1 amide bonds. The fourth-order valence-corrected chi connectivity index (χ4v) is 1.49. The fourth-order valence-electron chi connectivity index (χ4n) is 1.49. The average molecular weight is 184 g/mol. The molecular weight excluding hydrogens is 168 g/mol. The first-order chi connectivity index (χ1) is 6.20. The van der Waals surface area contributed by atoms with Crippen LogP contribution in [-0.2, 0) is 9.53 Å². The predicted octanol–water partition coefficient (Wildman–Crippen LogP) is -0.499. The van der Waals surface area contributed by atoms with E-state index in [0.29, 0.717) is 0 Å². The molecule has 2 saturated heterocycles. The van der Waals surface area contributed by atoms with Crippen LogP contribution in [0, 0.1) is 5.41 Å². The maximum atomic E-state index is 11.4. The number of rotatable bonds is 3. The Morgan fingerprint density at radius 2 is 2.38 bits per heavy atom. The SMILES string of the molecule is CC1(CNC(=O)C2CCN2)COC1. The van der Waals surface area contributed by atoms with Crippen molar-refractivity contribution in [2.75, 3.05) is 26.3 Å². The topological polar surface area (TPSA) is 50.4 Å². The van der Waals surface area contributed by atoms with Crippen molar-refractivity contribution in [2.45, 2.75) is 19.4 Å². The minimum atomic E-state index is 0.0598. The molecule has 0 aromatic carbocycles. The number of ether oxygens (including phenoxy) is 1. The molecule has 2 N–H and O–H groups in total. The van der Waals surface area contributed by atoms with Crippen LogP contribution in [0.1, 0.15) is 13.3 Å². The lowest BCUT2D eigenvalue weighted by Gasteiger charge is -2.38. The number of hydrogen-bond acceptors (Lipinski definition) is 3. The zero-order valence-electron chi connectivity index (χ0n) is 7.93. The van der Waals surface area contributed by atoms with E-state index in [4.69, 9.17) is 4.74 Å². The third kappa shape index (κ3) is 1.84. The lowest BCUT2D eigenvalue weighted by atomic mass is 9.88. The van der Waals surface area contributed by atoms with Gasteiger partial charge in [-0.15, -0.1) is 0 Å². The van der Waals surface area contributed by atoms with Crippen LogP contribution < -0.4 is 10.6 Å². The van der Waals surface area contributed by atoms with Gasteiger partial charge in [-0.25, -0.2) is 0 Å². The number of amides is 1. The molecule has 2 aliphatic heterocycles. The minimum Gasteiger partial charge on any atom is -0.380 e. The molecule has 13 heavy (non-hydrogen) atoms. The molecular formula is C9H16N2O2. The Bertz CT molecular complexity index is 210. The first-order valence-electron chi connectivity index (χ1n) is 4.78. The van der Waals surface area contributed by atoms with Gasteiger partial charge >= 0.3 is 0 Å². The number of hydrogen-bond donors (Lipinski definition) is 2. The summed E-state index contributed by atoms with van der Waals surface area (Å²) < 4.78 is 5.10. The molecule has 0 saturated carbocycles. The van der Waals surface area contributed by atoms with Crippen LogP contribution in [-0.4, -0.2) is 38.3 Å². The second-order valence-electron chi connectivity index (χ2n) is 4.32. The quantitative estimate of drug-likeness (QED) is 0.622. The Kier molecular flexibility index (Phi) is 2.26. The van der Waals surface area contributed by atoms with Gasteiger partial charge < -0.3 is 15.4 Å². The van der Waals surface area contributed by atoms with Gasteiger partial charge in [0.25, 0.3) is 0 Å². The van der Waals surface area contributed by atoms with E-state index in [1.165, 1.54) is 0 Å². The summed E-state index contributed by atoms with van der Waals surface area (Å²) in [6.45, 7) is 5.38. The summed E-state index contributed by atoms with van der Waals surface area (Å²) in [5.74, 6) is 0.138. The number of carbonyl (C=O) groups is 1. The molecule has 4 nitrogen and oxygen atoms in total. The van der Waals surface area contributed by atoms with Crippen LogP contribution in [0.25, 0.3) is 0 Å².